The van der Waals surface area contributed by atoms with Gasteiger partial charge in [-0.1, -0.05) is 18.2 Å². The summed E-state index contributed by atoms with van der Waals surface area (Å²) in [6.45, 7) is -0.250. The molecule has 2 bridgehead atoms. The van der Waals surface area contributed by atoms with E-state index in [2.05, 4.69) is 24.9 Å². The maximum atomic E-state index is 11.8. The van der Waals surface area contributed by atoms with Gasteiger partial charge in [-0.15, -0.1) is 0 Å². The molecule has 0 fully saturated rings. The number of aromatic nitrogens is 2. The first kappa shape index (κ1) is 19.0. The number of rotatable bonds is 0. The second-order valence-electron chi connectivity index (χ2n) is 6.15. The lowest BCUT2D eigenvalue weighted by molar-refractivity contribution is -0.119. The zero-order valence-corrected chi connectivity index (χ0v) is 15.7. The Kier molecular flexibility index (Phi) is 5.56. The minimum Gasteiger partial charge on any atom is -0.484 e. The fourth-order valence-corrected chi connectivity index (χ4v) is 2.71. The third kappa shape index (κ3) is 4.56. The fraction of sp³-hybridized carbons (Fsp3) is 0.0455. The van der Waals surface area contributed by atoms with E-state index in [0.717, 1.165) is 5.22 Å². The number of fused-ring (bicyclic) bond motifs is 2. The highest BCUT2D eigenvalue weighted by Crippen LogP contribution is 2.25. The molecule has 146 valence electrons. The van der Waals surface area contributed by atoms with Crippen molar-refractivity contribution in [2.75, 3.05) is 6.61 Å². The van der Waals surface area contributed by atoms with Gasteiger partial charge in [-0.25, -0.2) is 24.9 Å². The summed E-state index contributed by atoms with van der Waals surface area (Å²) in [5, 5.41) is 2.10. The molecular weight excluding hydrogens is 382 g/mol. The standard InChI is InChI=1S/C22H15N5O3/c28-20-6-3-10-23-21(29)13-30-16-7-8-19-17(12-16)22(26-14-25-19)27-18-5-2-1-4-15(18)9-11-24-20/h1-12,14H,13H2/b6-3-,15-9+,23-10-,24-11-,27-18+. The molecule has 0 N–H and O–H groups in total. The van der Waals surface area contributed by atoms with Crippen LogP contribution in [0.15, 0.2) is 75.9 Å². The van der Waals surface area contributed by atoms with Crippen LogP contribution in [0.4, 0.5) is 5.82 Å². The summed E-state index contributed by atoms with van der Waals surface area (Å²) in [5.41, 5.74) is 0.689. The van der Waals surface area contributed by atoms with Gasteiger partial charge in [-0.05, 0) is 36.4 Å². The molecule has 30 heavy (non-hydrogen) atoms. The molecule has 3 aromatic rings. The lowest BCUT2D eigenvalue weighted by Gasteiger charge is -2.06. The van der Waals surface area contributed by atoms with E-state index in [9.17, 15) is 9.59 Å². The Bertz CT molecular complexity index is 1340. The first-order chi connectivity index (χ1) is 14.7. The van der Waals surface area contributed by atoms with Crippen LogP contribution >= 0.6 is 0 Å². The van der Waals surface area contributed by atoms with Crippen molar-refractivity contribution in [3.05, 3.63) is 71.5 Å². The normalized spacial score (nSPS) is 19.9. The van der Waals surface area contributed by atoms with Crippen molar-refractivity contribution >= 4 is 47.0 Å². The summed E-state index contributed by atoms with van der Waals surface area (Å²) in [5.74, 6) is -0.0541. The summed E-state index contributed by atoms with van der Waals surface area (Å²) >= 11 is 0. The largest absolute Gasteiger partial charge is 0.484 e. The van der Waals surface area contributed by atoms with Crippen LogP contribution in [-0.2, 0) is 9.59 Å². The van der Waals surface area contributed by atoms with E-state index < -0.39 is 11.8 Å². The van der Waals surface area contributed by atoms with E-state index in [-0.39, 0.29) is 6.61 Å². The monoisotopic (exact) mass is 397 g/mol. The topological polar surface area (TPSA) is 106 Å². The fourth-order valence-electron chi connectivity index (χ4n) is 2.71. The highest BCUT2D eigenvalue weighted by atomic mass is 16.5. The summed E-state index contributed by atoms with van der Waals surface area (Å²) in [7, 11) is 0. The molecule has 0 radical (unpaired) electrons. The molecule has 1 aliphatic rings. The Morgan fingerprint density at radius 2 is 1.83 bits per heavy atom. The first-order valence-electron chi connectivity index (χ1n) is 9.02. The van der Waals surface area contributed by atoms with Crippen LogP contribution in [0.5, 0.6) is 5.75 Å². The molecular formula is C22H15N5O3. The highest BCUT2D eigenvalue weighted by Gasteiger charge is 2.06. The molecule has 1 aliphatic heterocycles. The van der Waals surface area contributed by atoms with Crippen LogP contribution in [-0.4, -0.2) is 40.8 Å². The number of para-hydroxylation sites is 1. The number of hydrogen-bond donors (Lipinski definition) is 0. The summed E-state index contributed by atoms with van der Waals surface area (Å²) in [6.07, 6.45) is 8.31. The van der Waals surface area contributed by atoms with E-state index in [1.807, 2.05) is 24.3 Å². The zero-order chi connectivity index (χ0) is 20.8. The summed E-state index contributed by atoms with van der Waals surface area (Å²) < 4.78 is 5.53. The van der Waals surface area contributed by atoms with Gasteiger partial charge in [0.25, 0.3) is 11.8 Å². The van der Waals surface area contributed by atoms with Gasteiger partial charge in [0, 0.05) is 29.1 Å². The molecule has 2 aromatic carbocycles. The van der Waals surface area contributed by atoms with Crippen molar-refractivity contribution in [1.82, 2.24) is 9.97 Å². The molecule has 0 saturated heterocycles. The number of aliphatic imine (C=N–C) groups is 2. The molecule has 8 nitrogen and oxygen atoms in total. The molecule has 8 heteroatoms. The Balaban J connectivity index is 1.90. The number of allylic oxidation sites excluding steroid dienone is 1. The number of amides is 2. The quantitative estimate of drug-likeness (QED) is 0.572. The first-order valence-corrected chi connectivity index (χ1v) is 9.02. The number of ether oxygens (including phenoxy) is 1. The van der Waals surface area contributed by atoms with E-state index in [0.29, 0.717) is 27.8 Å². The molecule has 0 atom stereocenters. The van der Waals surface area contributed by atoms with Crippen molar-refractivity contribution < 1.29 is 14.3 Å². The SMILES string of the molecule is O=C1/C=C\C=N/C(=O)COc2ccc3ncnc(c3c2)\N=c2/cccc/c2=C\C=N/1. The smallest absolute Gasteiger partial charge is 0.283 e. The second kappa shape index (κ2) is 8.78. The molecule has 0 saturated carbocycles. The van der Waals surface area contributed by atoms with Gasteiger partial charge in [-0.2, -0.15) is 0 Å². The molecule has 2 amide bonds. The predicted molar refractivity (Wildman–Crippen MR) is 113 cm³/mol. The Labute approximate surface area is 170 Å². The second-order valence-corrected chi connectivity index (χ2v) is 6.15. The van der Waals surface area contributed by atoms with Crippen LogP contribution < -0.4 is 15.3 Å². The average Bonchev–Trinajstić information content (AvgIpc) is 2.76. The lowest BCUT2D eigenvalue weighted by Crippen LogP contribution is -2.24. The van der Waals surface area contributed by atoms with Crippen LogP contribution in [0, 0.1) is 0 Å². The van der Waals surface area contributed by atoms with E-state index in [1.54, 1.807) is 24.3 Å². The Hall–Kier alpha value is -4.33. The number of benzene rings is 2. The highest BCUT2D eigenvalue weighted by molar-refractivity contribution is 6.03. The molecule has 0 spiro atoms. The summed E-state index contributed by atoms with van der Waals surface area (Å²) in [6, 6.07) is 12.6. The molecule has 4 rings (SSSR count). The molecule has 0 aliphatic carbocycles. The number of carbonyl (C=O) groups excluding carboxylic acids is 2. The van der Waals surface area contributed by atoms with Crippen molar-refractivity contribution in [2.24, 2.45) is 15.0 Å². The van der Waals surface area contributed by atoms with Gasteiger partial charge < -0.3 is 4.74 Å². The van der Waals surface area contributed by atoms with Crippen molar-refractivity contribution in [1.29, 1.82) is 0 Å². The van der Waals surface area contributed by atoms with Gasteiger partial charge in [0.2, 0.25) is 0 Å². The molecule has 2 heterocycles. The van der Waals surface area contributed by atoms with Crippen molar-refractivity contribution in [3.8, 4) is 5.75 Å². The van der Waals surface area contributed by atoms with E-state index >= 15 is 0 Å². The van der Waals surface area contributed by atoms with Crippen LogP contribution in [0.1, 0.15) is 0 Å². The van der Waals surface area contributed by atoms with Crippen LogP contribution in [0.3, 0.4) is 0 Å². The minimum absolute atomic E-state index is 0.250. The summed E-state index contributed by atoms with van der Waals surface area (Å²) in [4.78, 5) is 44.4. The predicted octanol–water partition coefficient (Wildman–Crippen LogP) is 1.50. The zero-order valence-electron chi connectivity index (χ0n) is 15.7. The van der Waals surface area contributed by atoms with E-state index in [4.69, 9.17) is 4.74 Å². The number of carbonyl (C=O) groups is 2. The Morgan fingerprint density at radius 3 is 2.77 bits per heavy atom. The Morgan fingerprint density at radius 1 is 0.933 bits per heavy atom. The minimum atomic E-state index is -0.492. The maximum Gasteiger partial charge on any atom is 0.283 e. The van der Waals surface area contributed by atoms with E-state index in [1.165, 1.54) is 30.9 Å². The van der Waals surface area contributed by atoms with Gasteiger partial charge in [0.05, 0.1) is 10.9 Å². The molecule has 0 unspecified atom stereocenters. The number of nitrogens with zero attached hydrogens (tertiary/aromatic N) is 5. The molecule has 1 aromatic heterocycles. The van der Waals surface area contributed by atoms with Crippen molar-refractivity contribution in [2.45, 2.75) is 0 Å². The van der Waals surface area contributed by atoms with Crippen LogP contribution in [0.25, 0.3) is 17.0 Å². The lowest BCUT2D eigenvalue weighted by atomic mass is 10.2. The maximum absolute atomic E-state index is 11.8. The average molecular weight is 397 g/mol. The third-order valence-corrected chi connectivity index (χ3v) is 4.11. The third-order valence-electron chi connectivity index (χ3n) is 4.11. The number of hydrogen-bond acceptors (Lipinski definition) is 6. The van der Waals surface area contributed by atoms with Crippen molar-refractivity contribution in [3.63, 3.8) is 0 Å². The van der Waals surface area contributed by atoms with Crippen LogP contribution in [0.2, 0.25) is 0 Å². The van der Waals surface area contributed by atoms with Gasteiger partial charge >= 0.3 is 0 Å². The van der Waals surface area contributed by atoms with Gasteiger partial charge in [0.15, 0.2) is 12.4 Å². The van der Waals surface area contributed by atoms with Gasteiger partial charge in [0.1, 0.15) is 12.1 Å². The van der Waals surface area contributed by atoms with Gasteiger partial charge in [-0.3, -0.25) is 9.59 Å².